The van der Waals surface area contributed by atoms with Crippen LogP contribution < -0.4 is 10.1 Å². The lowest BCUT2D eigenvalue weighted by atomic mass is 10.1. The van der Waals surface area contributed by atoms with Crippen LogP contribution in [0, 0.1) is 0 Å². The van der Waals surface area contributed by atoms with Crippen molar-refractivity contribution in [2.45, 2.75) is 19.8 Å². The smallest absolute Gasteiger partial charge is 0.254 e. The summed E-state index contributed by atoms with van der Waals surface area (Å²) in [5.74, 6) is 0.764. The third-order valence-corrected chi connectivity index (χ3v) is 4.20. The van der Waals surface area contributed by atoms with Gasteiger partial charge in [-0.15, -0.1) is 0 Å². The van der Waals surface area contributed by atoms with E-state index in [0.29, 0.717) is 30.9 Å². The molecule has 0 unspecified atom stereocenters. The number of hydrogen-bond acceptors (Lipinski definition) is 4. The fraction of sp³-hybridized carbons (Fsp3) is 0.556. The van der Waals surface area contributed by atoms with Crippen molar-refractivity contribution in [1.82, 2.24) is 15.1 Å². The maximum Gasteiger partial charge on any atom is 0.254 e. The Morgan fingerprint density at radius 3 is 2.62 bits per heavy atom. The standard InChI is InChI=1S/C18H27N3O3/c1-3-4-8-19-17(22)14-20-9-11-21(12-10-20)18(23)15-6-5-7-16(13-15)24-2/h5-7,13H,3-4,8-12,14H2,1-2H3,(H,19,22). The number of nitrogens with zero attached hydrogens (tertiary/aromatic N) is 2. The minimum Gasteiger partial charge on any atom is -0.497 e. The van der Waals surface area contributed by atoms with Gasteiger partial charge in [0.2, 0.25) is 5.91 Å². The molecule has 6 nitrogen and oxygen atoms in total. The molecule has 1 aromatic rings. The summed E-state index contributed by atoms with van der Waals surface area (Å²) in [7, 11) is 1.59. The molecule has 0 atom stereocenters. The number of unbranched alkanes of at least 4 members (excludes halogenated alkanes) is 1. The first-order valence-corrected chi connectivity index (χ1v) is 8.56. The highest BCUT2D eigenvalue weighted by molar-refractivity contribution is 5.94. The summed E-state index contributed by atoms with van der Waals surface area (Å²) in [4.78, 5) is 28.3. The number of carbonyl (C=O) groups is 2. The summed E-state index contributed by atoms with van der Waals surface area (Å²) in [5, 5.41) is 2.93. The Morgan fingerprint density at radius 2 is 1.96 bits per heavy atom. The van der Waals surface area contributed by atoms with Crippen molar-refractivity contribution < 1.29 is 14.3 Å². The van der Waals surface area contributed by atoms with E-state index in [0.717, 1.165) is 32.5 Å². The monoisotopic (exact) mass is 333 g/mol. The lowest BCUT2D eigenvalue weighted by molar-refractivity contribution is -0.122. The van der Waals surface area contributed by atoms with E-state index in [1.807, 2.05) is 17.0 Å². The van der Waals surface area contributed by atoms with E-state index in [1.54, 1.807) is 19.2 Å². The summed E-state index contributed by atoms with van der Waals surface area (Å²) in [5.41, 5.74) is 0.639. The molecule has 2 amide bonds. The van der Waals surface area contributed by atoms with Gasteiger partial charge in [-0.1, -0.05) is 19.4 Å². The molecule has 1 heterocycles. The summed E-state index contributed by atoms with van der Waals surface area (Å²) in [6, 6.07) is 7.21. The number of ether oxygens (including phenoxy) is 1. The van der Waals surface area contributed by atoms with E-state index in [-0.39, 0.29) is 11.8 Å². The zero-order chi connectivity index (χ0) is 17.4. The van der Waals surface area contributed by atoms with Crippen LogP contribution in [0.5, 0.6) is 5.75 Å². The molecular formula is C18H27N3O3. The zero-order valence-corrected chi connectivity index (χ0v) is 14.6. The summed E-state index contributed by atoms with van der Waals surface area (Å²) >= 11 is 0. The average Bonchev–Trinajstić information content (AvgIpc) is 2.62. The molecule has 1 aliphatic heterocycles. The third-order valence-electron chi connectivity index (χ3n) is 4.20. The van der Waals surface area contributed by atoms with E-state index in [9.17, 15) is 9.59 Å². The van der Waals surface area contributed by atoms with E-state index >= 15 is 0 Å². The molecule has 0 spiro atoms. The molecule has 1 aromatic carbocycles. The van der Waals surface area contributed by atoms with Crippen molar-refractivity contribution in [3.05, 3.63) is 29.8 Å². The lowest BCUT2D eigenvalue weighted by Gasteiger charge is -2.34. The van der Waals surface area contributed by atoms with Crippen LogP contribution in [0.2, 0.25) is 0 Å². The number of benzene rings is 1. The van der Waals surface area contributed by atoms with Crippen molar-refractivity contribution >= 4 is 11.8 Å². The molecule has 1 fully saturated rings. The van der Waals surface area contributed by atoms with Crippen LogP contribution in [0.25, 0.3) is 0 Å². The lowest BCUT2D eigenvalue weighted by Crippen LogP contribution is -2.51. The van der Waals surface area contributed by atoms with E-state index in [2.05, 4.69) is 17.1 Å². The van der Waals surface area contributed by atoms with Gasteiger partial charge >= 0.3 is 0 Å². The largest absolute Gasteiger partial charge is 0.497 e. The van der Waals surface area contributed by atoms with Crippen LogP contribution >= 0.6 is 0 Å². The predicted octanol–water partition coefficient (Wildman–Crippen LogP) is 1.37. The molecule has 0 saturated carbocycles. The number of carbonyl (C=O) groups excluding carboxylic acids is 2. The highest BCUT2D eigenvalue weighted by atomic mass is 16.5. The van der Waals surface area contributed by atoms with E-state index < -0.39 is 0 Å². The third kappa shape index (κ3) is 5.23. The van der Waals surface area contributed by atoms with Gasteiger partial charge in [-0.3, -0.25) is 14.5 Å². The molecule has 132 valence electrons. The second-order valence-corrected chi connectivity index (χ2v) is 6.00. The summed E-state index contributed by atoms with van der Waals surface area (Å²) in [6.45, 7) is 5.96. The van der Waals surface area contributed by atoms with Crippen molar-refractivity contribution in [2.75, 3.05) is 46.4 Å². The number of methoxy groups -OCH3 is 1. The van der Waals surface area contributed by atoms with Gasteiger partial charge in [0.15, 0.2) is 0 Å². The molecule has 0 radical (unpaired) electrons. The van der Waals surface area contributed by atoms with Crippen LogP contribution in [0.15, 0.2) is 24.3 Å². The molecule has 1 saturated heterocycles. The number of nitrogens with one attached hydrogen (secondary N) is 1. The van der Waals surface area contributed by atoms with E-state index in [4.69, 9.17) is 4.74 Å². The molecule has 1 aliphatic rings. The molecule has 0 bridgehead atoms. The quantitative estimate of drug-likeness (QED) is 0.766. The molecular weight excluding hydrogens is 306 g/mol. The van der Waals surface area contributed by atoms with Gasteiger partial charge < -0.3 is 15.0 Å². The maximum atomic E-state index is 12.5. The summed E-state index contributed by atoms with van der Waals surface area (Å²) < 4.78 is 5.17. The van der Waals surface area contributed by atoms with Crippen molar-refractivity contribution in [3.8, 4) is 5.75 Å². The topological polar surface area (TPSA) is 61.9 Å². The Bertz CT molecular complexity index is 554. The first-order valence-electron chi connectivity index (χ1n) is 8.56. The minimum atomic E-state index is 0.0148. The zero-order valence-electron chi connectivity index (χ0n) is 14.6. The van der Waals surface area contributed by atoms with Gasteiger partial charge in [-0.25, -0.2) is 0 Å². The fourth-order valence-corrected chi connectivity index (χ4v) is 2.71. The highest BCUT2D eigenvalue weighted by Gasteiger charge is 2.23. The van der Waals surface area contributed by atoms with Crippen LogP contribution in [0.1, 0.15) is 30.1 Å². The predicted molar refractivity (Wildman–Crippen MR) is 93.3 cm³/mol. The number of rotatable bonds is 7. The van der Waals surface area contributed by atoms with Crippen LogP contribution in [0.3, 0.4) is 0 Å². The van der Waals surface area contributed by atoms with Crippen molar-refractivity contribution in [2.24, 2.45) is 0 Å². The van der Waals surface area contributed by atoms with Crippen LogP contribution in [-0.4, -0.2) is 68.0 Å². The van der Waals surface area contributed by atoms with Gasteiger partial charge in [0.05, 0.1) is 13.7 Å². The first-order chi connectivity index (χ1) is 11.6. The van der Waals surface area contributed by atoms with Gasteiger partial charge in [0.1, 0.15) is 5.75 Å². The molecule has 6 heteroatoms. The Balaban J connectivity index is 1.79. The van der Waals surface area contributed by atoms with Crippen molar-refractivity contribution in [3.63, 3.8) is 0 Å². The Hall–Kier alpha value is -2.08. The van der Waals surface area contributed by atoms with Crippen LogP contribution in [0.4, 0.5) is 0 Å². The molecule has 0 aliphatic carbocycles. The SMILES string of the molecule is CCCCNC(=O)CN1CCN(C(=O)c2cccc(OC)c2)CC1. The number of piperazine rings is 1. The second-order valence-electron chi connectivity index (χ2n) is 6.00. The van der Waals surface area contributed by atoms with Gasteiger partial charge in [0, 0.05) is 38.3 Å². The van der Waals surface area contributed by atoms with Crippen molar-refractivity contribution in [1.29, 1.82) is 0 Å². The van der Waals surface area contributed by atoms with E-state index in [1.165, 1.54) is 0 Å². The maximum absolute atomic E-state index is 12.5. The molecule has 24 heavy (non-hydrogen) atoms. The van der Waals surface area contributed by atoms with Gasteiger partial charge in [0.25, 0.3) is 5.91 Å². The Kier molecular flexibility index (Phi) is 7.06. The second kappa shape index (κ2) is 9.27. The number of hydrogen-bond donors (Lipinski definition) is 1. The minimum absolute atomic E-state index is 0.0148. The van der Waals surface area contributed by atoms with Gasteiger partial charge in [-0.2, -0.15) is 0 Å². The Morgan fingerprint density at radius 1 is 1.21 bits per heavy atom. The molecule has 0 aromatic heterocycles. The molecule has 1 N–H and O–H groups in total. The molecule has 2 rings (SSSR count). The normalized spacial score (nSPS) is 15.2. The first kappa shape index (κ1) is 18.3. The highest BCUT2D eigenvalue weighted by Crippen LogP contribution is 2.15. The average molecular weight is 333 g/mol. The van der Waals surface area contributed by atoms with Crippen LogP contribution in [-0.2, 0) is 4.79 Å². The summed E-state index contributed by atoms with van der Waals surface area (Å²) in [6.07, 6.45) is 2.08. The fourth-order valence-electron chi connectivity index (χ4n) is 2.71. The Labute approximate surface area is 143 Å². The number of amides is 2. The van der Waals surface area contributed by atoms with Gasteiger partial charge in [-0.05, 0) is 24.6 Å².